The summed E-state index contributed by atoms with van der Waals surface area (Å²) in [6, 6.07) is 7.05. The Morgan fingerprint density at radius 1 is 1.45 bits per heavy atom. The van der Waals surface area contributed by atoms with Gasteiger partial charge >= 0.3 is 0 Å². The zero-order valence-electron chi connectivity index (χ0n) is 11.6. The molecule has 0 spiro atoms. The van der Waals surface area contributed by atoms with Crippen LogP contribution in [0.15, 0.2) is 22.7 Å². The SMILES string of the molecule is CNCC1OCCN(C2CC2)C1c1cc(Br)ccc1Cl. The molecular formula is C15H20BrClN2O. The van der Waals surface area contributed by atoms with Gasteiger partial charge in [-0.25, -0.2) is 0 Å². The van der Waals surface area contributed by atoms with Crippen molar-refractivity contribution < 1.29 is 4.74 Å². The lowest BCUT2D eigenvalue weighted by molar-refractivity contribution is -0.0739. The van der Waals surface area contributed by atoms with Crippen molar-refractivity contribution in [2.45, 2.75) is 31.0 Å². The maximum atomic E-state index is 6.46. The average Bonchev–Trinajstić information content (AvgIpc) is 3.26. The molecule has 1 N–H and O–H groups in total. The topological polar surface area (TPSA) is 24.5 Å². The molecule has 1 aromatic rings. The highest BCUT2D eigenvalue weighted by Crippen LogP contribution is 2.41. The Kier molecular flexibility index (Phi) is 4.68. The molecule has 1 saturated heterocycles. The Bertz CT molecular complexity index is 479. The standard InChI is InChI=1S/C15H20BrClN2O/c1-18-9-14-15(12-8-10(16)2-5-13(12)17)19(6-7-20-14)11-3-4-11/h2,5,8,11,14-15,18H,3-4,6-7,9H2,1H3. The number of rotatable bonds is 4. The molecular weight excluding hydrogens is 340 g/mol. The molecule has 3 rings (SSSR count). The molecule has 1 saturated carbocycles. The predicted molar refractivity (Wildman–Crippen MR) is 85.3 cm³/mol. The van der Waals surface area contributed by atoms with Crippen LogP contribution < -0.4 is 5.32 Å². The number of hydrogen-bond donors (Lipinski definition) is 1. The molecule has 110 valence electrons. The van der Waals surface area contributed by atoms with Crippen molar-refractivity contribution in [1.29, 1.82) is 0 Å². The number of ether oxygens (including phenoxy) is 1. The van der Waals surface area contributed by atoms with Crippen LogP contribution in [0.3, 0.4) is 0 Å². The summed E-state index contributed by atoms with van der Waals surface area (Å²) in [4.78, 5) is 2.58. The van der Waals surface area contributed by atoms with Gasteiger partial charge in [-0.05, 0) is 43.7 Å². The zero-order valence-corrected chi connectivity index (χ0v) is 14.0. The third-order valence-corrected chi connectivity index (χ3v) is 4.93. The van der Waals surface area contributed by atoms with E-state index < -0.39 is 0 Å². The number of nitrogens with zero attached hydrogens (tertiary/aromatic N) is 1. The zero-order chi connectivity index (χ0) is 14.1. The van der Waals surface area contributed by atoms with Crippen molar-refractivity contribution in [2.75, 3.05) is 26.7 Å². The molecule has 1 aliphatic heterocycles. The Labute approximate surface area is 133 Å². The van der Waals surface area contributed by atoms with Crippen LogP contribution in [0.2, 0.25) is 5.02 Å². The van der Waals surface area contributed by atoms with E-state index in [2.05, 4.69) is 32.2 Å². The third kappa shape index (κ3) is 3.04. The van der Waals surface area contributed by atoms with Gasteiger partial charge in [0.1, 0.15) is 0 Å². The summed E-state index contributed by atoms with van der Waals surface area (Å²) in [5, 5.41) is 4.07. The molecule has 2 aliphatic rings. The first-order valence-electron chi connectivity index (χ1n) is 7.17. The number of likely N-dealkylation sites (N-methyl/N-ethyl adjacent to an activating group) is 1. The highest BCUT2D eigenvalue weighted by atomic mass is 79.9. The number of hydrogen-bond acceptors (Lipinski definition) is 3. The minimum atomic E-state index is 0.154. The number of nitrogens with one attached hydrogen (secondary N) is 1. The number of benzene rings is 1. The minimum absolute atomic E-state index is 0.154. The number of halogens is 2. The molecule has 2 atom stereocenters. The minimum Gasteiger partial charge on any atom is -0.374 e. The van der Waals surface area contributed by atoms with Gasteiger partial charge in [0.15, 0.2) is 0 Å². The van der Waals surface area contributed by atoms with E-state index in [1.165, 1.54) is 18.4 Å². The Hall–Kier alpha value is -0.130. The molecule has 0 amide bonds. The van der Waals surface area contributed by atoms with Crippen molar-refractivity contribution in [1.82, 2.24) is 10.2 Å². The molecule has 2 unspecified atom stereocenters. The van der Waals surface area contributed by atoms with Crippen LogP contribution in [0.25, 0.3) is 0 Å². The summed E-state index contributed by atoms with van der Waals surface area (Å²) in [5.41, 5.74) is 1.17. The van der Waals surface area contributed by atoms with E-state index in [1.54, 1.807) is 0 Å². The molecule has 0 radical (unpaired) electrons. The van der Waals surface area contributed by atoms with Crippen LogP contribution in [0, 0.1) is 0 Å². The lowest BCUT2D eigenvalue weighted by atomic mass is 9.97. The van der Waals surface area contributed by atoms with Gasteiger partial charge in [0, 0.05) is 28.6 Å². The van der Waals surface area contributed by atoms with Crippen LogP contribution in [-0.2, 0) is 4.74 Å². The van der Waals surface area contributed by atoms with Crippen molar-refractivity contribution >= 4 is 27.5 Å². The fraction of sp³-hybridized carbons (Fsp3) is 0.600. The molecule has 20 heavy (non-hydrogen) atoms. The lowest BCUT2D eigenvalue weighted by Gasteiger charge is -2.42. The first kappa shape index (κ1) is 14.8. The first-order valence-corrected chi connectivity index (χ1v) is 8.34. The molecule has 3 nitrogen and oxygen atoms in total. The van der Waals surface area contributed by atoms with Gasteiger partial charge in [-0.2, -0.15) is 0 Å². The predicted octanol–water partition coefficient (Wildman–Crippen LogP) is 3.23. The molecule has 5 heteroatoms. The molecule has 1 aliphatic carbocycles. The second kappa shape index (κ2) is 6.32. The van der Waals surface area contributed by atoms with Gasteiger partial charge in [0.05, 0.1) is 18.8 Å². The number of morpholine rings is 1. The Morgan fingerprint density at radius 2 is 2.25 bits per heavy atom. The van der Waals surface area contributed by atoms with Gasteiger partial charge < -0.3 is 10.1 Å². The van der Waals surface area contributed by atoms with Crippen molar-refractivity contribution in [3.63, 3.8) is 0 Å². The smallest absolute Gasteiger partial charge is 0.0897 e. The largest absolute Gasteiger partial charge is 0.374 e. The van der Waals surface area contributed by atoms with Crippen LogP contribution in [0.4, 0.5) is 0 Å². The van der Waals surface area contributed by atoms with Crippen molar-refractivity contribution in [3.8, 4) is 0 Å². The monoisotopic (exact) mass is 358 g/mol. The fourth-order valence-electron chi connectivity index (χ4n) is 3.06. The molecule has 2 fully saturated rings. The summed E-state index contributed by atoms with van der Waals surface area (Å²) in [5.74, 6) is 0. The van der Waals surface area contributed by atoms with E-state index in [4.69, 9.17) is 16.3 Å². The second-order valence-electron chi connectivity index (χ2n) is 5.55. The Balaban J connectivity index is 1.95. The first-order chi connectivity index (χ1) is 9.70. The van der Waals surface area contributed by atoms with Gasteiger partial charge in [-0.15, -0.1) is 0 Å². The highest BCUT2D eigenvalue weighted by molar-refractivity contribution is 9.10. The second-order valence-corrected chi connectivity index (χ2v) is 6.87. The molecule has 1 aromatic carbocycles. The van der Waals surface area contributed by atoms with Gasteiger partial charge in [-0.3, -0.25) is 4.90 Å². The van der Waals surface area contributed by atoms with E-state index in [0.29, 0.717) is 6.04 Å². The third-order valence-electron chi connectivity index (χ3n) is 4.09. The normalized spacial score (nSPS) is 27.8. The summed E-state index contributed by atoms with van der Waals surface area (Å²) in [6.45, 7) is 2.65. The van der Waals surface area contributed by atoms with E-state index in [0.717, 1.165) is 29.2 Å². The molecule has 0 aromatic heterocycles. The van der Waals surface area contributed by atoms with E-state index in [1.807, 2.05) is 19.2 Å². The summed E-state index contributed by atoms with van der Waals surface area (Å²) >= 11 is 10.0. The van der Waals surface area contributed by atoms with Gasteiger partial charge in [0.25, 0.3) is 0 Å². The maximum absolute atomic E-state index is 6.46. The summed E-state index contributed by atoms with van der Waals surface area (Å²) in [6.07, 6.45) is 2.75. The molecule has 0 bridgehead atoms. The van der Waals surface area contributed by atoms with Crippen LogP contribution in [0.1, 0.15) is 24.4 Å². The highest BCUT2D eigenvalue weighted by Gasteiger charge is 2.41. The molecule has 1 heterocycles. The fourth-order valence-corrected chi connectivity index (χ4v) is 3.67. The summed E-state index contributed by atoms with van der Waals surface area (Å²) in [7, 11) is 1.97. The summed E-state index contributed by atoms with van der Waals surface area (Å²) < 4.78 is 7.08. The van der Waals surface area contributed by atoms with Crippen molar-refractivity contribution in [3.05, 3.63) is 33.3 Å². The Morgan fingerprint density at radius 3 is 2.95 bits per heavy atom. The van der Waals surface area contributed by atoms with Crippen LogP contribution in [0.5, 0.6) is 0 Å². The van der Waals surface area contributed by atoms with E-state index in [-0.39, 0.29) is 12.1 Å². The van der Waals surface area contributed by atoms with E-state index in [9.17, 15) is 0 Å². The lowest BCUT2D eigenvalue weighted by Crippen LogP contribution is -2.49. The average molecular weight is 360 g/mol. The van der Waals surface area contributed by atoms with Gasteiger partial charge in [-0.1, -0.05) is 27.5 Å². The maximum Gasteiger partial charge on any atom is 0.0897 e. The van der Waals surface area contributed by atoms with Gasteiger partial charge in [0.2, 0.25) is 0 Å². The van der Waals surface area contributed by atoms with E-state index >= 15 is 0 Å². The van der Waals surface area contributed by atoms with Crippen molar-refractivity contribution in [2.24, 2.45) is 0 Å². The van der Waals surface area contributed by atoms with Crippen LogP contribution in [-0.4, -0.2) is 43.8 Å². The quantitative estimate of drug-likeness (QED) is 0.893. The van der Waals surface area contributed by atoms with Crippen LogP contribution >= 0.6 is 27.5 Å².